The molecule has 0 amide bonds. The third kappa shape index (κ3) is 4.57. The molecule has 3 aromatic rings. The van der Waals surface area contributed by atoms with E-state index in [0.717, 1.165) is 11.1 Å². The molecular formula is C22H23FNO3P. The molecular weight excluding hydrogens is 376 g/mol. The summed E-state index contributed by atoms with van der Waals surface area (Å²) in [5, 5.41) is 3.43. The zero-order valence-corrected chi connectivity index (χ0v) is 16.7. The summed E-state index contributed by atoms with van der Waals surface area (Å²) < 4.78 is 37.4. The van der Waals surface area contributed by atoms with E-state index >= 15 is 0 Å². The van der Waals surface area contributed by atoms with Crippen molar-refractivity contribution in [1.82, 2.24) is 5.32 Å². The van der Waals surface area contributed by atoms with Gasteiger partial charge < -0.3 is 9.05 Å². The Morgan fingerprint density at radius 3 is 1.64 bits per heavy atom. The van der Waals surface area contributed by atoms with Crippen molar-refractivity contribution in [3.8, 4) is 0 Å². The molecule has 0 spiro atoms. The molecule has 0 aliphatic rings. The summed E-state index contributed by atoms with van der Waals surface area (Å²) in [4.78, 5) is 0. The fourth-order valence-electron chi connectivity index (χ4n) is 3.13. The summed E-state index contributed by atoms with van der Waals surface area (Å²) in [6.45, 7) is 0. The van der Waals surface area contributed by atoms with Gasteiger partial charge in [0, 0.05) is 14.2 Å². The van der Waals surface area contributed by atoms with Gasteiger partial charge in [-0.25, -0.2) is 4.39 Å². The lowest BCUT2D eigenvalue weighted by atomic mass is 9.98. The lowest BCUT2D eigenvalue weighted by Crippen LogP contribution is -2.28. The molecule has 0 unspecified atom stereocenters. The largest absolute Gasteiger partial charge is 0.351 e. The Balaban J connectivity index is 2.07. The van der Waals surface area contributed by atoms with Crippen LogP contribution in [0.15, 0.2) is 84.9 Å². The molecule has 1 N–H and O–H groups in total. The van der Waals surface area contributed by atoms with E-state index in [9.17, 15) is 8.96 Å². The minimum absolute atomic E-state index is 0.268. The van der Waals surface area contributed by atoms with Crippen molar-refractivity contribution in [1.29, 1.82) is 0 Å². The van der Waals surface area contributed by atoms with E-state index in [0.29, 0.717) is 5.56 Å². The van der Waals surface area contributed by atoms with Crippen LogP contribution in [0.5, 0.6) is 0 Å². The smallest absolute Gasteiger partial charge is 0.311 e. The number of rotatable bonds is 8. The van der Waals surface area contributed by atoms with Crippen LogP contribution in [0.25, 0.3) is 0 Å². The van der Waals surface area contributed by atoms with E-state index < -0.39 is 13.4 Å². The maximum Gasteiger partial charge on any atom is 0.351 e. The SMILES string of the molecule is COP(=O)(OC)[C@H](NC(c1ccccc1)c1ccccc1)c1ccc(F)cc1. The van der Waals surface area contributed by atoms with Gasteiger partial charge in [0.15, 0.2) is 0 Å². The highest BCUT2D eigenvalue weighted by molar-refractivity contribution is 7.54. The van der Waals surface area contributed by atoms with Gasteiger partial charge >= 0.3 is 7.60 Å². The molecule has 146 valence electrons. The van der Waals surface area contributed by atoms with Crippen LogP contribution < -0.4 is 5.32 Å². The van der Waals surface area contributed by atoms with Crippen LogP contribution in [0.2, 0.25) is 0 Å². The molecule has 0 fully saturated rings. The third-order valence-corrected chi connectivity index (χ3v) is 6.70. The van der Waals surface area contributed by atoms with Crippen molar-refractivity contribution in [3.05, 3.63) is 107 Å². The van der Waals surface area contributed by atoms with Crippen molar-refractivity contribution in [3.63, 3.8) is 0 Å². The molecule has 0 aromatic heterocycles. The molecule has 0 saturated heterocycles. The Labute approximate surface area is 164 Å². The molecule has 1 atom stereocenters. The molecule has 0 bridgehead atoms. The first-order valence-electron chi connectivity index (χ1n) is 8.90. The topological polar surface area (TPSA) is 47.6 Å². The van der Waals surface area contributed by atoms with Crippen molar-refractivity contribution in [2.24, 2.45) is 0 Å². The molecule has 0 saturated carbocycles. The molecule has 6 heteroatoms. The van der Waals surface area contributed by atoms with Gasteiger partial charge in [-0.2, -0.15) is 0 Å². The zero-order chi connectivity index (χ0) is 20.0. The van der Waals surface area contributed by atoms with E-state index in [4.69, 9.17) is 9.05 Å². The van der Waals surface area contributed by atoms with Crippen LogP contribution in [0.4, 0.5) is 4.39 Å². The molecule has 3 rings (SSSR count). The third-order valence-electron chi connectivity index (χ3n) is 4.60. The lowest BCUT2D eigenvalue weighted by molar-refractivity contribution is 0.257. The number of hydrogen-bond donors (Lipinski definition) is 1. The monoisotopic (exact) mass is 399 g/mol. The predicted octanol–water partition coefficient (Wildman–Crippen LogP) is 5.69. The summed E-state index contributed by atoms with van der Waals surface area (Å²) in [5.41, 5.74) is 2.62. The lowest BCUT2D eigenvalue weighted by Gasteiger charge is -2.30. The van der Waals surface area contributed by atoms with Crippen LogP contribution in [-0.2, 0) is 13.6 Å². The van der Waals surface area contributed by atoms with E-state index in [2.05, 4.69) is 5.32 Å². The summed E-state index contributed by atoms with van der Waals surface area (Å²) >= 11 is 0. The minimum atomic E-state index is -3.56. The van der Waals surface area contributed by atoms with Gasteiger partial charge in [0.1, 0.15) is 11.6 Å². The summed E-state index contributed by atoms with van der Waals surface area (Å²) in [6, 6.07) is 25.2. The first-order valence-corrected chi connectivity index (χ1v) is 10.5. The first-order chi connectivity index (χ1) is 13.6. The highest BCUT2D eigenvalue weighted by Gasteiger charge is 2.37. The van der Waals surface area contributed by atoms with Gasteiger partial charge in [-0.15, -0.1) is 0 Å². The van der Waals surface area contributed by atoms with Crippen LogP contribution in [0, 0.1) is 5.82 Å². The fraction of sp³-hybridized carbons (Fsp3) is 0.182. The molecule has 4 nitrogen and oxygen atoms in total. The average molecular weight is 399 g/mol. The Morgan fingerprint density at radius 2 is 1.21 bits per heavy atom. The molecule has 0 aliphatic heterocycles. The average Bonchev–Trinajstić information content (AvgIpc) is 2.76. The van der Waals surface area contributed by atoms with E-state index in [1.54, 1.807) is 12.1 Å². The molecule has 0 aliphatic carbocycles. The maximum atomic E-state index is 13.5. The fourth-order valence-corrected chi connectivity index (χ4v) is 4.57. The summed E-state index contributed by atoms with van der Waals surface area (Å²) in [5.74, 6) is -1.15. The minimum Gasteiger partial charge on any atom is -0.311 e. The quantitative estimate of drug-likeness (QED) is 0.495. The van der Waals surface area contributed by atoms with Gasteiger partial charge in [0.2, 0.25) is 0 Å². The zero-order valence-electron chi connectivity index (χ0n) is 15.8. The van der Waals surface area contributed by atoms with Crippen LogP contribution in [0.1, 0.15) is 28.5 Å². The maximum absolute atomic E-state index is 13.5. The number of halogens is 1. The normalized spacial score (nSPS) is 12.9. The molecule has 0 radical (unpaired) electrons. The van der Waals surface area contributed by atoms with Gasteiger partial charge in [0.05, 0.1) is 6.04 Å². The Bertz CT molecular complexity index is 872. The van der Waals surface area contributed by atoms with Crippen LogP contribution in [0.3, 0.4) is 0 Å². The standard InChI is InChI=1S/C22H23FNO3P/c1-26-28(25,27-2)22(19-13-15-20(23)16-14-19)24-21(17-9-5-3-6-10-17)18-11-7-4-8-12-18/h3-16,21-22,24H,1-2H3/t22-/m0/s1. The molecule has 3 aromatic carbocycles. The van der Waals surface area contributed by atoms with Crippen LogP contribution >= 0.6 is 7.60 Å². The Morgan fingerprint density at radius 1 is 0.750 bits per heavy atom. The Kier molecular flexibility index (Phi) is 6.76. The number of nitrogens with one attached hydrogen (secondary N) is 1. The summed E-state index contributed by atoms with van der Waals surface area (Å²) in [7, 11) is -0.857. The van der Waals surface area contributed by atoms with Crippen LogP contribution in [-0.4, -0.2) is 14.2 Å². The molecule has 28 heavy (non-hydrogen) atoms. The van der Waals surface area contributed by atoms with Crippen molar-refractivity contribution >= 4 is 7.60 Å². The van der Waals surface area contributed by atoms with Gasteiger partial charge in [0.25, 0.3) is 0 Å². The number of benzene rings is 3. The van der Waals surface area contributed by atoms with Gasteiger partial charge in [-0.1, -0.05) is 72.8 Å². The van der Waals surface area contributed by atoms with E-state index in [-0.39, 0.29) is 11.9 Å². The summed E-state index contributed by atoms with van der Waals surface area (Å²) in [6.07, 6.45) is 0. The van der Waals surface area contributed by atoms with Crippen molar-refractivity contribution in [2.45, 2.75) is 11.8 Å². The van der Waals surface area contributed by atoms with Gasteiger partial charge in [-0.3, -0.25) is 9.88 Å². The number of hydrogen-bond acceptors (Lipinski definition) is 4. The van der Waals surface area contributed by atoms with Crippen molar-refractivity contribution < 1.29 is 18.0 Å². The molecule has 0 heterocycles. The first kappa shape index (κ1) is 20.4. The Hall–Kier alpha value is -2.30. The second kappa shape index (κ2) is 9.26. The van der Waals surface area contributed by atoms with Gasteiger partial charge in [-0.05, 0) is 28.8 Å². The van der Waals surface area contributed by atoms with Crippen molar-refractivity contribution in [2.75, 3.05) is 14.2 Å². The van der Waals surface area contributed by atoms with E-state index in [1.165, 1.54) is 26.4 Å². The second-order valence-electron chi connectivity index (χ2n) is 6.28. The highest BCUT2D eigenvalue weighted by atomic mass is 31.2. The predicted molar refractivity (Wildman–Crippen MR) is 109 cm³/mol. The van der Waals surface area contributed by atoms with E-state index in [1.807, 2.05) is 60.7 Å². The second-order valence-corrected chi connectivity index (χ2v) is 8.61. The highest BCUT2D eigenvalue weighted by Crippen LogP contribution is 2.59.